The fraction of sp³-hybridized carbons (Fsp3) is 0.111. The van der Waals surface area contributed by atoms with E-state index in [4.69, 9.17) is 5.11 Å². The van der Waals surface area contributed by atoms with Crippen LogP contribution in [0.15, 0.2) is 24.3 Å². The van der Waals surface area contributed by atoms with Crippen molar-refractivity contribution < 1.29 is 14.7 Å². The van der Waals surface area contributed by atoms with Gasteiger partial charge in [0.1, 0.15) is 5.75 Å². The molecule has 2 amide bonds. The van der Waals surface area contributed by atoms with Crippen molar-refractivity contribution >= 4 is 11.8 Å². The number of carbonyl (C=O) groups excluding carboxylic acids is 2. The van der Waals surface area contributed by atoms with Gasteiger partial charge in [-0.3, -0.25) is 14.9 Å². The average Bonchev–Trinajstić information content (AvgIpc) is 2.04. The van der Waals surface area contributed by atoms with Gasteiger partial charge in [-0.2, -0.15) is 0 Å². The number of hydrogen-bond donors (Lipinski definition) is 2. The maximum absolute atomic E-state index is 11.2. The molecule has 0 saturated heterocycles. The highest BCUT2D eigenvalue weighted by atomic mass is 16.3. The van der Waals surface area contributed by atoms with E-state index in [-0.39, 0.29) is 5.75 Å². The number of amides is 2. The van der Waals surface area contributed by atoms with Crippen molar-refractivity contribution in [1.29, 1.82) is 0 Å². The molecule has 0 spiro atoms. The van der Waals surface area contributed by atoms with Crippen LogP contribution in [0.1, 0.15) is 17.3 Å². The summed E-state index contributed by atoms with van der Waals surface area (Å²) in [6.45, 7) is 1.26. The van der Waals surface area contributed by atoms with Gasteiger partial charge in [-0.15, -0.1) is 0 Å². The predicted octanol–water partition coefficient (Wildman–Crippen LogP) is 0.669. The largest absolute Gasteiger partial charge is 0.508 e. The molecule has 0 atom stereocenters. The molecule has 68 valence electrons. The minimum atomic E-state index is -0.465. The fourth-order valence-corrected chi connectivity index (χ4v) is 0.845. The van der Waals surface area contributed by atoms with Gasteiger partial charge in [-0.1, -0.05) is 0 Å². The van der Waals surface area contributed by atoms with Crippen LogP contribution in [-0.2, 0) is 4.79 Å². The number of nitrogens with one attached hydrogen (secondary N) is 1. The molecule has 1 aromatic rings. The summed E-state index contributed by atoms with van der Waals surface area (Å²) in [4.78, 5) is 21.7. The van der Waals surface area contributed by atoms with E-state index in [2.05, 4.69) is 5.32 Å². The maximum Gasteiger partial charge on any atom is 0.257 e. The Morgan fingerprint density at radius 1 is 1.23 bits per heavy atom. The lowest BCUT2D eigenvalue weighted by Crippen LogP contribution is -2.27. The lowest BCUT2D eigenvalue weighted by atomic mass is 10.2. The second-order valence-corrected chi connectivity index (χ2v) is 2.56. The molecule has 0 radical (unpaired) electrons. The summed E-state index contributed by atoms with van der Waals surface area (Å²) < 4.78 is 0. The number of carbonyl (C=O) groups is 2. The predicted molar refractivity (Wildman–Crippen MR) is 46.3 cm³/mol. The number of phenolic OH excluding ortho intramolecular Hbond substituents is 1. The first-order chi connectivity index (χ1) is 6.09. The molecular weight excluding hydrogens is 170 g/mol. The van der Waals surface area contributed by atoms with E-state index in [0.29, 0.717) is 5.56 Å². The Labute approximate surface area is 75.2 Å². The van der Waals surface area contributed by atoms with Gasteiger partial charge in [-0.05, 0) is 24.3 Å². The highest BCUT2D eigenvalue weighted by Crippen LogP contribution is 2.09. The fourth-order valence-electron chi connectivity index (χ4n) is 0.845. The molecule has 1 aromatic carbocycles. The Hall–Kier alpha value is -1.84. The van der Waals surface area contributed by atoms with Crippen molar-refractivity contribution in [2.24, 2.45) is 0 Å². The zero-order valence-corrected chi connectivity index (χ0v) is 7.07. The van der Waals surface area contributed by atoms with Gasteiger partial charge < -0.3 is 5.11 Å². The van der Waals surface area contributed by atoms with Crippen molar-refractivity contribution in [2.75, 3.05) is 0 Å². The molecule has 0 heterocycles. The van der Waals surface area contributed by atoms with Crippen molar-refractivity contribution in [1.82, 2.24) is 5.32 Å². The van der Waals surface area contributed by atoms with E-state index in [1.165, 1.54) is 31.2 Å². The topological polar surface area (TPSA) is 66.4 Å². The summed E-state index contributed by atoms with van der Waals surface area (Å²) >= 11 is 0. The third-order valence-corrected chi connectivity index (χ3v) is 1.42. The number of benzene rings is 1. The van der Waals surface area contributed by atoms with Crippen LogP contribution in [0, 0.1) is 0 Å². The molecule has 2 N–H and O–H groups in total. The molecule has 0 unspecified atom stereocenters. The molecule has 4 nitrogen and oxygen atoms in total. The third kappa shape index (κ3) is 2.59. The Balaban J connectivity index is 2.78. The molecule has 0 aliphatic heterocycles. The molecule has 1 rings (SSSR count). The molecule has 4 heteroatoms. The molecule has 0 aliphatic carbocycles. The van der Waals surface area contributed by atoms with Crippen LogP contribution >= 0.6 is 0 Å². The quantitative estimate of drug-likeness (QED) is 0.665. The van der Waals surface area contributed by atoms with Gasteiger partial charge in [0.05, 0.1) is 0 Å². The summed E-state index contributed by atoms with van der Waals surface area (Å²) in [7, 11) is 0. The van der Waals surface area contributed by atoms with Gasteiger partial charge in [0.2, 0.25) is 5.91 Å². The normalized spacial score (nSPS) is 9.31. The zero-order chi connectivity index (χ0) is 9.84. The third-order valence-electron chi connectivity index (χ3n) is 1.42. The van der Waals surface area contributed by atoms with E-state index in [9.17, 15) is 9.59 Å². The minimum Gasteiger partial charge on any atom is -0.508 e. The highest BCUT2D eigenvalue weighted by molar-refractivity contribution is 6.04. The molecule has 0 bridgehead atoms. The first-order valence-electron chi connectivity index (χ1n) is 3.70. The summed E-state index contributed by atoms with van der Waals surface area (Å²) in [6, 6.07) is 5.64. The zero-order valence-electron chi connectivity index (χ0n) is 7.07. The van der Waals surface area contributed by atoms with Crippen LogP contribution in [0.25, 0.3) is 0 Å². The summed E-state index contributed by atoms with van der Waals surface area (Å²) in [5, 5.41) is 11.0. The first kappa shape index (κ1) is 9.25. The smallest absolute Gasteiger partial charge is 0.257 e. The number of rotatable bonds is 1. The highest BCUT2D eigenvalue weighted by Gasteiger charge is 2.05. The molecular formula is C9H9NO3. The Morgan fingerprint density at radius 3 is 2.23 bits per heavy atom. The van der Waals surface area contributed by atoms with Crippen molar-refractivity contribution in [3.63, 3.8) is 0 Å². The molecule has 0 aromatic heterocycles. The Kier molecular flexibility index (Phi) is 2.64. The summed E-state index contributed by atoms with van der Waals surface area (Å²) in [5.41, 5.74) is 0.341. The molecule has 0 fully saturated rings. The summed E-state index contributed by atoms with van der Waals surface area (Å²) in [6.07, 6.45) is 0. The number of phenols is 1. The van der Waals surface area contributed by atoms with Gasteiger partial charge >= 0.3 is 0 Å². The summed E-state index contributed by atoms with van der Waals surface area (Å²) in [5.74, 6) is -0.787. The SMILES string of the molecule is CC(=O)NC(=O)c1ccc(O)cc1. The first-order valence-corrected chi connectivity index (χ1v) is 3.70. The number of aromatic hydroxyl groups is 1. The van der Waals surface area contributed by atoms with Gasteiger partial charge in [0.25, 0.3) is 5.91 Å². The number of imide groups is 1. The van der Waals surface area contributed by atoms with Crippen LogP contribution in [0.3, 0.4) is 0 Å². The van der Waals surface area contributed by atoms with Crippen molar-refractivity contribution in [2.45, 2.75) is 6.92 Å². The maximum atomic E-state index is 11.2. The van der Waals surface area contributed by atoms with E-state index < -0.39 is 11.8 Å². The molecule has 13 heavy (non-hydrogen) atoms. The van der Waals surface area contributed by atoms with Crippen LogP contribution in [-0.4, -0.2) is 16.9 Å². The van der Waals surface area contributed by atoms with Crippen LogP contribution in [0.5, 0.6) is 5.75 Å². The Bertz CT molecular complexity index is 329. The lowest BCUT2D eigenvalue weighted by Gasteiger charge is -2.00. The number of hydrogen-bond acceptors (Lipinski definition) is 3. The minimum absolute atomic E-state index is 0.0828. The van der Waals surface area contributed by atoms with Crippen LogP contribution in [0.2, 0.25) is 0 Å². The second kappa shape index (κ2) is 3.71. The van der Waals surface area contributed by atoms with Crippen LogP contribution in [0.4, 0.5) is 0 Å². The van der Waals surface area contributed by atoms with E-state index >= 15 is 0 Å². The second-order valence-electron chi connectivity index (χ2n) is 2.56. The van der Waals surface area contributed by atoms with Gasteiger partial charge in [-0.25, -0.2) is 0 Å². The van der Waals surface area contributed by atoms with E-state index in [1.807, 2.05) is 0 Å². The van der Waals surface area contributed by atoms with Gasteiger partial charge in [0.15, 0.2) is 0 Å². The van der Waals surface area contributed by atoms with E-state index in [1.54, 1.807) is 0 Å². The Morgan fingerprint density at radius 2 is 1.77 bits per heavy atom. The van der Waals surface area contributed by atoms with Crippen molar-refractivity contribution in [3.05, 3.63) is 29.8 Å². The standard InChI is InChI=1S/C9H9NO3/c1-6(11)10-9(13)7-2-4-8(12)5-3-7/h2-5,12H,1H3,(H,10,11,13). The lowest BCUT2D eigenvalue weighted by molar-refractivity contribution is -0.118. The van der Waals surface area contributed by atoms with E-state index in [0.717, 1.165) is 0 Å². The van der Waals surface area contributed by atoms with Crippen molar-refractivity contribution in [3.8, 4) is 5.75 Å². The monoisotopic (exact) mass is 179 g/mol. The van der Waals surface area contributed by atoms with Gasteiger partial charge in [0, 0.05) is 12.5 Å². The molecule has 0 saturated carbocycles. The molecule has 0 aliphatic rings. The van der Waals surface area contributed by atoms with Crippen LogP contribution < -0.4 is 5.32 Å². The average molecular weight is 179 g/mol.